The van der Waals surface area contributed by atoms with Crippen LogP contribution < -0.4 is 16.4 Å². The topological polar surface area (TPSA) is 142 Å². The van der Waals surface area contributed by atoms with Crippen molar-refractivity contribution >= 4 is 17.8 Å². The summed E-state index contributed by atoms with van der Waals surface area (Å²) < 4.78 is 0. The highest BCUT2D eigenvalue weighted by atomic mass is 16.4. The Bertz CT molecular complexity index is 692. The third-order valence-corrected chi connectivity index (χ3v) is 5.30. The lowest BCUT2D eigenvalue weighted by atomic mass is 9.95. The first-order valence-electron chi connectivity index (χ1n) is 9.97. The molecule has 5 atom stereocenters. The zero-order valence-electron chi connectivity index (χ0n) is 17.5. The quantitative estimate of drug-likeness (QED) is 0.375. The maximum absolute atomic E-state index is 12.8. The van der Waals surface area contributed by atoms with Crippen LogP contribution >= 0.6 is 0 Å². The largest absolute Gasteiger partial charge is 0.508 e. The zero-order chi connectivity index (χ0) is 22.1. The predicted molar refractivity (Wildman–Crippen MR) is 110 cm³/mol. The normalized spacial score (nSPS) is 16.2. The number of aliphatic carboxylic acids is 1. The molecular weight excluding hydrogens is 374 g/mol. The molecule has 6 N–H and O–H groups in total. The summed E-state index contributed by atoms with van der Waals surface area (Å²) in [6.45, 7) is 7.30. The second-order valence-electron chi connectivity index (χ2n) is 7.56. The number of carboxylic acid groups (broad SMARTS) is 1. The monoisotopic (exact) mass is 407 g/mol. The van der Waals surface area contributed by atoms with Gasteiger partial charge in [0.05, 0.1) is 6.04 Å². The van der Waals surface area contributed by atoms with Crippen LogP contribution in [0.3, 0.4) is 0 Å². The molecule has 2 amide bonds. The van der Waals surface area contributed by atoms with Gasteiger partial charge in [-0.3, -0.25) is 9.59 Å². The van der Waals surface area contributed by atoms with E-state index in [0.717, 1.165) is 5.56 Å². The maximum Gasteiger partial charge on any atom is 0.326 e. The van der Waals surface area contributed by atoms with E-state index in [2.05, 4.69) is 10.6 Å². The van der Waals surface area contributed by atoms with Gasteiger partial charge in [-0.05, 0) is 36.0 Å². The minimum absolute atomic E-state index is 0.120. The number of hydrogen-bond acceptors (Lipinski definition) is 5. The Balaban J connectivity index is 2.85. The standard InChI is InChI=1S/C21H33N3O5/c1-5-12(3)17(20(27)24-18(21(28)29)13(4)6-2)23-19(26)16(22)11-14-7-9-15(25)10-8-14/h7-10,12-13,16-18,25H,5-6,11,22H2,1-4H3,(H,23,26)(H,24,27)(H,28,29)/t12-,13-,16-,17-,18-/m0/s1. The molecule has 0 fully saturated rings. The van der Waals surface area contributed by atoms with Crippen LogP contribution in [-0.2, 0) is 20.8 Å². The first kappa shape index (κ1) is 24.4. The lowest BCUT2D eigenvalue weighted by Crippen LogP contribution is -2.57. The second-order valence-corrected chi connectivity index (χ2v) is 7.56. The van der Waals surface area contributed by atoms with Crippen molar-refractivity contribution in [1.29, 1.82) is 0 Å². The van der Waals surface area contributed by atoms with Crippen molar-refractivity contribution in [2.75, 3.05) is 0 Å². The average molecular weight is 408 g/mol. The van der Waals surface area contributed by atoms with Crippen LogP contribution in [0.25, 0.3) is 0 Å². The fourth-order valence-corrected chi connectivity index (χ4v) is 2.87. The summed E-state index contributed by atoms with van der Waals surface area (Å²) in [6, 6.07) is 3.57. The first-order valence-corrected chi connectivity index (χ1v) is 9.97. The van der Waals surface area contributed by atoms with Crippen molar-refractivity contribution in [1.82, 2.24) is 10.6 Å². The Kier molecular flexibility index (Phi) is 9.61. The van der Waals surface area contributed by atoms with E-state index < -0.39 is 35.9 Å². The SMILES string of the molecule is CC[C@H](C)[C@H](NC(=O)[C@@H](NC(=O)[C@@H](N)Cc1ccc(O)cc1)[C@@H](C)CC)C(=O)O. The summed E-state index contributed by atoms with van der Waals surface area (Å²) in [6.07, 6.45) is 1.45. The Morgan fingerprint density at radius 2 is 1.41 bits per heavy atom. The highest BCUT2D eigenvalue weighted by Gasteiger charge is 2.32. The van der Waals surface area contributed by atoms with Gasteiger partial charge in [-0.1, -0.05) is 52.7 Å². The lowest BCUT2D eigenvalue weighted by molar-refractivity contribution is -0.144. The summed E-state index contributed by atoms with van der Waals surface area (Å²) in [5.74, 6) is -2.46. The van der Waals surface area contributed by atoms with Gasteiger partial charge >= 0.3 is 5.97 Å². The predicted octanol–water partition coefficient (Wildman–Crippen LogP) is 1.41. The molecule has 8 nitrogen and oxygen atoms in total. The minimum Gasteiger partial charge on any atom is -0.508 e. The van der Waals surface area contributed by atoms with Crippen molar-refractivity contribution in [3.8, 4) is 5.75 Å². The van der Waals surface area contributed by atoms with Gasteiger partial charge in [0.15, 0.2) is 0 Å². The molecule has 0 aliphatic carbocycles. The van der Waals surface area contributed by atoms with Gasteiger partial charge in [0.2, 0.25) is 11.8 Å². The molecule has 0 saturated heterocycles. The molecule has 0 spiro atoms. The maximum atomic E-state index is 12.8. The number of carboxylic acids is 1. The van der Waals surface area contributed by atoms with Gasteiger partial charge in [-0.25, -0.2) is 4.79 Å². The second kappa shape index (κ2) is 11.4. The molecule has 1 aromatic rings. The fraction of sp³-hybridized carbons (Fsp3) is 0.571. The third kappa shape index (κ3) is 7.38. The summed E-state index contributed by atoms with van der Waals surface area (Å²) in [4.78, 5) is 36.9. The molecule has 0 aliphatic heterocycles. The first-order chi connectivity index (χ1) is 13.6. The van der Waals surface area contributed by atoms with E-state index in [4.69, 9.17) is 5.73 Å². The number of phenols is 1. The number of nitrogens with one attached hydrogen (secondary N) is 2. The smallest absolute Gasteiger partial charge is 0.326 e. The molecule has 0 heterocycles. The average Bonchev–Trinajstić information content (AvgIpc) is 2.69. The Morgan fingerprint density at radius 1 is 0.931 bits per heavy atom. The molecule has 1 rings (SSSR count). The van der Waals surface area contributed by atoms with Crippen LogP contribution in [0.15, 0.2) is 24.3 Å². The lowest BCUT2D eigenvalue weighted by Gasteiger charge is -2.28. The third-order valence-electron chi connectivity index (χ3n) is 5.30. The number of benzene rings is 1. The molecule has 1 aromatic carbocycles. The summed E-state index contributed by atoms with van der Waals surface area (Å²) in [5, 5.41) is 24.0. The Hall–Kier alpha value is -2.61. The van der Waals surface area contributed by atoms with Gasteiger partial charge < -0.3 is 26.6 Å². The summed E-state index contributed by atoms with van der Waals surface area (Å²) >= 11 is 0. The highest BCUT2D eigenvalue weighted by Crippen LogP contribution is 2.14. The van der Waals surface area contributed by atoms with Crippen molar-refractivity contribution < 1.29 is 24.6 Å². The molecular formula is C21H33N3O5. The molecule has 0 aromatic heterocycles. The molecule has 0 aliphatic rings. The van der Waals surface area contributed by atoms with Crippen LogP contribution in [0.1, 0.15) is 46.1 Å². The van der Waals surface area contributed by atoms with Crippen LogP contribution in [0.4, 0.5) is 0 Å². The molecule has 0 saturated carbocycles. The fourth-order valence-electron chi connectivity index (χ4n) is 2.87. The number of carbonyl (C=O) groups excluding carboxylic acids is 2. The number of phenolic OH excluding ortho intramolecular Hbond substituents is 1. The van der Waals surface area contributed by atoms with Gasteiger partial charge in [0.25, 0.3) is 0 Å². The zero-order valence-corrected chi connectivity index (χ0v) is 17.5. The number of amides is 2. The molecule has 0 bridgehead atoms. The van der Waals surface area contributed by atoms with E-state index in [1.165, 1.54) is 12.1 Å². The van der Waals surface area contributed by atoms with Gasteiger partial charge in [0, 0.05) is 0 Å². The van der Waals surface area contributed by atoms with Crippen LogP contribution in [0.5, 0.6) is 5.75 Å². The number of aromatic hydroxyl groups is 1. The van der Waals surface area contributed by atoms with Crippen LogP contribution in [0.2, 0.25) is 0 Å². The van der Waals surface area contributed by atoms with Gasteiger partial charge in [0.1, 0.15) is 17.8 Å². The van der Waals surface area contributed by atoms with Crippen molar-refractivity contribution in [2.45, 2.75) is 65.1 Å². The van der Waals surface area contributed by atoms with Crippen LogP contribution in [-0.4, -0.2) is 46.1 Å². The highest BCUT2D eigenvalue weighted by molar-refractivity contribution is 5.92. The molecule has 0 radical (unpaired) electrons. The molecule has 8 heteroatoms. The number of rotatable bonds is 11. The van der Waals surface area contributed by atoms with Gasteiger partial charge in [-0.15, -0.1) is 0 Å². The van der Waals surface area contributed by atoms with E-state index in [1.807, 2.05) is 20.8 Å². The molecule has 29 heavy (non-hydrogen) atoms. The van der Waals surface area contributed by atoms with E-state index in [1.54, 1.807) is 19.1 Å². The number of carbonyl (C=O) groups is 3. The van der Waals surface area contributed by atoms with E-state index in [9.17, 15) is 24.6 Å². The van der Waals surface area contributed by atoms with E-state index in [0.29, 0.717) is 12.8 Å². The van der Waals surface area contributed by atoms with E-state index in [-0.39, 0.29) is 24.0 Å². The van der Waals surface area contributed by atoms with Crippen molar-refractivity contribution in [2.24, 2.45) is 17.6 Å². The Morgan fingerprint density at radius 3 is 1.90 bits per heavy atom. The molecule has 0 unspecified atom stereocenters. The number of hydrogen-bond donors (Lipinski definition) is 5. The summed E-state index contributed by atoms with van der Waals surface area (Å²) in [7, 11) is 0. The van der Waals surface area contributed by atoms with Crippen LogP contribution in [0, 0.1) is 11.8 Å². The molecule has 162 valence electrons. The Labute approximate surface area is 171 Å². The van der Waals surface area contributed by atoms with Gasteiger partial charge in [-0.2, -0.15) is 0 Å². The summed E-state index contributed by atoms with van der Waals surface area (Å²) in [5.41, 5.74) is 6.77. The van der Waals surface area contributed by atoms with Crippen molar-refractivity contribution in [3.05, 3.63) is 29.8 Å². The van der Waals surface area contributed by atoms with E-state index >= 15 is 0 Å². The minimum atomic E-state index is -1.11. The number of nitrogens with two attached hydrogens (primary N) is 1. The van der Waals surface area contributed by atoms with Crippen molar-refractivity contribution in [3.63, 3.8) is 0 Å².